The Morgan fingerprint density at radius 1 is 1.12 bits per heavy atom. The van der Waals surface area contributed by atoms with Crippen LogP contribution in [0.4, 0.5) is 0 Å². The van der Waals surface area contributed by atoms with Crippen molar-refractivity contribution in [3.63, 3.8) is 0 Å². The summed E-state index contributed by atoms with van der Waals surface area (Å²) in [5.74, 6) is 0. The Labute approximate surface area is 105 Å². The molecule has 2 heteroatoms. The lowest BCUT2D eigenvalue weighted by molar-refractivity contribution is 0.335. The third-order valence-corrected chi connectivity index (χ3v) is 3.62. The SMILES string of the molecule is CCc1ccccc1CNCCN1CCCC1. The first kappa shape index (κ1) is 12.6. The molecule has 1 aliphatic heterocycles. The number of likely N-dealkylation sites (tertiary alicyclic amines) is 1. The maximum absolute atomic E-state index is 3.56. The molecule has 1 fully saturated rings. The number of rotatable bonds is 6. The van der Waals surface area contributed by atoms with Gasteiger partial charge in [-0.1, -0.05) is 31.2 Å². The summed E-state index contributed by atoms with van der Waals surface area (Å²) in [6, 6.07) is 8.74. The Morgan fingerprint density at radius 3 is 2.53 bits per heavy atom. The first-order chi connectivity index (χ1) is 8.40. The van der Waals surface area contributed by atoms with Crippen molar-refractivity contribution in [1.29, 1.82) is 0 Å². The van der Waals surface area contributed by atoms with E-state index in [2.05, 4.69) is 41.4 Å². The topological polar surface area (TPSA) is 15.3 Å². The van der Waals surface area contributed by atoms with Crippen molar-refractivity contribution >= 4 is 0 Å². The number of hydrogen-bond donors (Lipinski definition) is 1. The molecule has 0 unspecified atom stereocenters. The third kappa shape index (κ3) is 3.83. The molecule has 0 bridgehead atoms. The van der Waals surface area contributed by atoms with Crippen molar-refractivity contribution in [1.82, 2.24) is 10.2 Å². The van der Waals surface area contributed by atoms with Crippen LogP contribution in [0.3, 0.4) is 0 Å². The van der Waals surface area contributed by atoms with Gasteiger partial charge in [0.1, 0.15) is 0 Å². The van der Waals surface area contributed by atoms with Crippen LogP contribution in [-0.4, -0.2) is 31.1 Å². The molecule has 1 N–H and O–H groups in total. The molecule has 17 heavy (non-hydrogen) atoms. The van der Waals surface area contributed by atoms with Crippen molar-refractivity contribution < 1.29 is 0 Å². The van der Waals surface area contributed by atoms with Gasteiger partial charge in [-0.3, -0.25) is 0 Å². The fourth-order valence-electron chi connectivity index (χ4n) is 2.54. The number of hydrogen-bond acceptors (Lipinski definition) is 2. The smallest absolute Gasteiger partial charge is 0.0208 e. The monoisotopic (exact) mass is 232 g/mol. The van der Waals surface area contributed by atoms with Gasteiger partial charge in [-0.25, -0.2) is 0 Å². The minimum absolute atomic E-state index is 1.01. The van der Waals surface area contributed by atoms with Crippen LogP contribution < -0.4 is 5.32 Å². The van der Waals surface area contributed by atoms with Gasteiger partial charge in [0.05, 0.1) is 0 Å². The van der Waals surface area contributed by atoms with E-state index in [1.807, 2.05) is 0 Å². The van der Waals surface area contributed by atoms with Crippen LogP contribution in [0.2, 0.25) is 0 Å². The highest BCUT2D eigenvalue weighted by Gasteiger charge is 2.10. The van der Waals surface area contributed by atoms with Crippen LogP contribution in [-0.2, 0) is 13.0 Å². The van der Waals surface area contributed by atoms with Crippen LogP contribution in [0.5, 0.6) is 0 Å². The predicted molar refractivity (Wildman–Crippen MR) is 73.2 cm³/mol. The van der Waals surface area contributed by atoms with Crippen molar-refractivity contribution in [2.24, 2.45) is 0 Å². The number of aryl methyl sites for hydroxylation is 1. The molecule has 0 aromatic heterocycles. The second-order valence-corrected chi connectivity index (χ2v) is 4.85. The summed E-state index contributed by atoms with van der Waals surface area (Å²) < 4.78 is 0. The average Bonchev–Trinajstić information content (AvgIpc) is 2.88. The van der Waals surface area contributed by atoms with Crippen LogP contribution in [0.25, 0.3) is 0 Å². The molecule has 1 aromatic carbocycles. The quantitative estimate of drug-likeness (QED) is 0.758. The van der Waals surface area contributed by atoms with E-state index in [-0.39, 0.29) is 0 Å². The summed E-state index contributed by atoms with van der Waals surface area (Å²) >= 11 is 0. The fraction of sp³-hybridized carbons (Fsp3) is 0.600. The van der Waals surface area contributed by atoms with Crippen LogP contribution >= 0.6 is 0 Å². The molecule has 1 heterocycles. The molecule has 0 amide bonds. The van der Waals surface area contributed by atoms with E-state index in [1.54, 1.807) is 0 Å². The Hall–Kier alpha value is -0.860. The Balaban J connectivity index is 1.70. The molecular weight excluding hydrogens is 208 g/mol. The largest absolute Gasteiger partial charge is 0.311 e. The second-order valence-electron chi connectivity index (χ2n) is 4.85. The molecule has 2 nitrogen and oxygen atoms in total. The molecule has 1 aliphatic rings. The molecule has 0 spiro atoms. The molecule has 0 radical (unpaired) electrons. The molecule has 94 valence electrons. The second kappa shape index (κ2) is 6.77. The zero-order valence-corrected chi connectivity index (χ0v) is 10.9. The zero-order chi connectivity index (χ0) is 11.9. The summed E-state index contributed by atoms with van der Waals surface area (Å²) in [4.78, 5) is 2.55. The van der Waals surface area contributed by atoms with Gasteiger partial charge < -0.3 is 10.2 Å². The van der Waals surface area contributed by atoms with E-state index in [9.17, 15) is 0 Å². The van der Waals surface area contributed by atoms with Gasteiger partial charge in [-0.05, 0) is 43.5 Å². The van der Waals surface area contributed by atoms with Crippen LogP contribution in [0, 0.1) is 0 Å². The first-order valence-electron chi connectivity index (χ1n) is 6.90. The van der Waals surface area contributed by atoms with Gasteiger partial charge in [0.15, 0.2) is 0 Å². The van der Waals surface area contributed by atoms with Crippen molar-refractivity contribution in [3.05, 3.63) is 35.4 Å². The lowest BCUT2D eigenvalue weighted by Gasteiger charge is -2.15. The minimum atomic E-state index is 1.01. The van der Waals surface area contributed by atoms with Crippen LogP contribution in [0.15, 0.2) is 24.3 Å². The standard InChI is InChI=1S/C15H24N2/c1-2-14-7-3-4-8-15(14)13-16-9-12-17-10-5-6-11-17/h3-4,7-8,16H,2,5-6,9-13H2,1H3. The number of benzene rings is 1. The molecule has 0 saturated carbocycles. The van der Waals surface area contributed by atoms with E-state index >= 15 is 0 Å². The number of nitrogens with zero attached hydrogens (tertiary/aromatic N) is 1. The molecule has 2 rings (SSSR count). The van der Waals surface area contributed by atoms with Gasteiger partial charge in [-0.2, -0.15) is 0 Å². The normalized spacial score (nSPS) is 16.5. The van der Waals surface area contributed by atoms with Crippen molar-refractivity contribution in [2.75, 3.05) is 26.2 Å². The summed E-state index contributed by atoms with van der Waals surface area (Å²) in [7, 11) is 0. The molecular formula is C15H24N2. The van der Waals surface area contributed by atoms with E-state index in [0.29, 0.717) is 0 Å². The summed E-state index contributed by atoms with van der Waals surface area (Å²) in [6.07, 6.45) is 3.90. The van der Waals surface area contributed by atoms with Crippen molar-refractivity contribution in [3.8, 4) is 0 Å². The lowest BCUT2D eigenvalue weighted by atomic mass is 10.1. The first-order valence-corrected chi connectivity index (χ1v) is 6.90. The van der Waals surface area contributed by atoms with Gasteiger partial charge in [0.25, 0.3) is 0 Å². The highest BCUT2D eigenvalue weighted by atomic mass is 15.1. The maximum Gasteiger partial charge on any atom is 0.0208 e. The van der Waals surface area contributed by atoms with E-state index in [1.165, 1.54) is 43.6 Å². The molecule has 0 aliphatic carbocycles. The van der Waals surface area contributed by atoms with Gasteiger partial charge in [0.2, 0.25) is 0 Å². The Morgan fingerprint density at radius 2 is 1.82 bits per heavy atom. The summed E-state index contributed by atoms with van der Waals surface area (Å²) in [5.41, 5.74) is 2.93. The maximum atomic E-state index is 3.56. The Kier molecular flexibility index (Phi) is 5.02. The van der Waals surface area contributed by atoms with Gasteiger partial charge in [-0.15, -0.1) is 0 Å². The summed E-state index contributed by atoms with van der Waals surface area (Å²) in [5, 5.41) is 3.56. The van der Waals surface area contributed by atoms with Gasteiger partial charge >= 0.3 is 0 Å². The highest BCUT2D eigenvalue weighted by Crippen LogP contribution is 2.09. The fourth-order valence-corrected chi connectivity index (χ4v) is 2.54. The van der Waals surface area contributed by atoms with E-state index < -0.39 is 0 Å². The minimum Gasteiger partial charge on any atom is -0.311 e. The lowest BCUT2D eigenvalue weighted by Crippen LogP contribution is -2.29. The molecule has 1 aromatic rings. The zero-order valence-electron chi connectivity index (χ0n) is 10.9. The van der Waals surface area contributed by atoms with E-state index in [4.69, 9.17) is 0 Å². The third-order valence-electron chi connectivity index (χ3n) is 3.62. The average molecular weight is 232 g/mol. The number of nitrogens with one attached hydrogen (secondary N) is 1. The molecule has 1 saturated heterocycles. The van der Waals surface area contributed by atoms with Crippen molar-refractivity contribution in [2.45, 2.75) is 32.7 Å². The Bertz CT molecular complexity index is 329. The predicted octanol–water partition coefficient (Wildman–Crippen LogP) is 2.43. The van der Waals surface area contributed by atoms with E-state index in [0.717, 1.165) is 19.5 Å². The van der Waals surface area contributed by atoms with Gasteiger partial charge in [0, 0.05) is 19.6 Å². The van der Waals surface area contributed by atoms with Crippen LogP contribution in [0.1, 0.15) is 30.9 Å². The summed E-state index contributed by atoms with van der Waals surface area (Å²) in [6.45, 7) is 8.15. The highest BCUT2D eigenvalue weighted by molar-refractivity contribution is 5.26. The molecule has 0 atom stereocenters.